The highest BCUT2D eigenvalue weighted by molar-refractivity contribution is 8.72. The fourth-order valence-electron chi connectivity index (χ4n) is 0.910. The highest BCUT2D eigenvalue weighted by Gasteiger charge is 2.16. The van der Waals surface area contributed by atoms with E-state index in [2.05, 4.69) is 9.17 Å². The SMILES string of the molecule is CCCS[S+]([O-])c1cccc(OS(C)(=O)=O)n1. The first kappa shape index (κ1) is 14.6. The van der Waals surface area contributed by atoms with Crippen LogP contribution in [0.5, 0.6) is 5.88 Å². The highest BCUT2D eigenvalue weighted by Crippen LogP contribution is 2.23. The monoisotopic (exact) mass is 295 g/mol. The Labute approximate surface area is 108 Å². The number of nitrogens with zero attached hydrogens (tertiary/aromatic N) is 1. The van der Waals surface area contributed by atoms with Gasteiger partial charge in [0.2, 0.25) is 5.88 Å². The lowest BCUT2D eigenvalue weighted by Crippen LogP contribution is -2.08. The molecular formula is C9H13NO4S3. The summed E-state index contributed by atoms with van der Waals surface area (Å²) in [6.45, 7) is 1.99. The second-order valence-electron chi connectivity index (χ2n) is 3.16. The first-order valence-electron chi connectivity index (χ1n) is 4.84. The number of pyridine rings is 1. The van der Waals surface area contributed by atoms with Crippen molar-refractivity contribution >= 4 is 31.1 Å². The van der Waals surface area contributed by atoms with Crippen molar-refractivity contribution in [3.05, 3.63) is 18.2 Å². The van der Waals surface area contributed by atoms with E-state index in [4.69, 9.17) is 0 Å². The Hall–Kier alpha value is -0.440. The average Bonchev–Trinajstić information content (AvgIpc) is 2.24. The van der Waals surface area contributed by atoms with Crippen LogP contribution in [-0.4, -0.2) is 30.0 Å². The molecule has 5 nitrogen and oxygen atoms in total. The van der Waals surface area contributed by atoms with Gasteiger partial charge in [0.05, 0.1) is 27.3 Å². The summed E-state index contributed by atoms with van der Waals surface area (Å²) in [5, 5.41) is 0.310. The van der Waals surface area contributed by atoms with Crippen molar-refractivity contribution in [3.8, 4) is 5.88 Å². The lowest BCUT2D eigenvalue weighted by molar-refractivity contribution is 0.479. The van der Waals surface area contributed by atoms with Crippen molar-refractivity contribution in [2.45, 2.75) is 18.4 Å². The smallest absolute Gasteiger partial charge is 0.307 e. The van der Waals surface area contributed by atoms with Crippen LogP contribution in [0, 0.1) is 0 Å². The van der Waals surface area contributed by atoms with Gasteiger partial charge in [-0.3, -0.25) is 0 Å². The second-order valence-corrected chi connectivity index (χ2v) is 7.88. The third kappa shape index (κ3) is 5.62. The Morgan fingerprint density at radius 3 is 2.82 bits per heavy atom. The molecule has 0 spiro atoms. The van der Waals surface area contributed by atoms with Gasteiger partial charge in [-0.15, -0.1) is 0 Å². The Morgan fingerprint density at radius 1 is 1.53 bits per heavy atom. The van der Waals surface area contributed by atoms with Gasteiger partial charge in [0.15, 0.2) is 0 Å². The van der Waals surface area contributed by atoms with Crippen LogP contribution in [0.2, 0.25) is 0 Å². The molecule has 0 N–H and O–H groups in total. The number of rotatable bonds is 6. The van der Waals surface area contributed by atoms with E-state index < -0.39 is 20.3 Å². The molecule has 96 valence electrons. The minimum absolute atomic E-state index is 0.0598. The molecular weight excluding hydrogens is 282 g/mol. The second kappa shape index (κ2) is 6.48. The Balaban J connectivity index is 2.78. The third-order valence-corrected chi connectivity index (χ3v) is 4.99. The Bertz CT molecular complexity index is 463. The molecule has 0 aliphatic heterocycles. The summed E-state index contributed by atoms with van der Waals surface area (Å²) in [5.41, 5.74) is 0. The maximum atomic E-state index is 11.7. The van der Waals surface area contributed by atoms with Crippen LogP contribution in [0.1, 0.15) is 13.3 Å². The molecule has 17 heavy (non-hydrogen) atoms. The lowest BCUT2D eigenvalue weighted by Gasteiger charge is -2.07. The van der Waals surface area contributed by atoms with Gasteiger partial charge in [-0.1, -0.05) is 13.0 Å². The summed E-state index contributed by atoms with van der Waals surface area (Å²) >= 11 is 0. The van der Waals surface area contributed by atoms with Crippen LogP contribution in [0.4, 0.5) is 0 Å². The van der Waals surface area contributed by atoms with Crippen molar-refractivity contribution in [2.75, 3.05) is 12.0 Å². The van der Waals surface area contributed by atoms with Crippen molar-refractivity contribution < 1.29 is 17.2 Å². The number of aromatic nitrogens is 1. The van der Waals surface area contributed by atoms with E-state index >= 15 is 0 Å². The van der Waals surface area contributed by atoms with E-state index in [1.807, 2.05) is 6.92 Å². The van der Waals surface area contributed by atoms with Crippen LogP contribution in [-0.2, 0) is 20.3 Å². The van der Waals surface area contributed by atoms with Crippen LogP contribution in [0.25, 0.3) is 0 Å². The zero-order chi connectivity index (χ0) is 12.9. The molecule has 1 rings (SSSR count). The predicted molar refractivity (Wildman–Crippen MR) is 68.9 cm³/mol. The molecule has 0 amide bonds. The largest absolute Gasteiger partial charge is 0.599 e. The number of hydrogen-bond acceptors (Lipinski definition) is 6. The minimum Gasteiger partial charge on any atom is -0.599 e. The van der Waals surface area contributed by atoms with Crippen molar-refractivity contribution in [3.63, 3.8) is 0 Å². The zero-order valence-electron chi connectivity index (χ0n) is 9.45. The minimum atomic E-state index is -3.60. The van der Waals surface area contributed by atoms with Gasteiger partial charge < -0.3 is 8.74 Å². The van der Waals surface area contributed by atoms with Crippen molar-refractivity contribution in [1.29, 1.82) is 0 Å². The Kier molecular flexibility index (Phi) is 5.57. The fourth-order valence-corrected chi connectivity index (χ4v) is 3.70. The zero-order valence-corrected chi connectivity index (χ0v) is 11.9. The molecule has 0 saturated carbocycles. The molecule has 1 aromatic heterocycles. The molecule has 1 aromatic rings. The van der Waals surface area contributed by atoms with Crippen molar-refractivity contribution in [2.24, 2.45) is 0 Å². The molecule has 0 bridgehead atoms. The molecule has 0 saturated heterocycles. The van der Waals surface area contributed by atoms with E-state index in [-0.39, 0.29) is 5.88 Å². The standard InChI is InChI=1S/C9H13NO4S3/c1-3-7-15-16(11)9-6-4-5-8(10-9)14-17(2,12)13/h4-6H,3,7H2,1-2H3. The van der Waals surface area contributed by atoms with Gasteiger partial charge in [-0.2, -0.15) is 13.4 Å². The molecule has 0 aromatic carbocycles. The van der Waals surface area contributed by atoms with Gasteiger partial charge in [-0.05, 0) is 6.42 Å². The number of hydrogen-bond donors (Lipinski definition) is 0. The van der Waals surface area contributed by atoms with Gasteiger partial charge in [0.1, 0.15) is 0 Å². The third-order valence-electron chi connectivity index (χ3n) is 1.50. The molecule has 8 heteroatoms. The molecule has 0 fully saturated rings. The summed E-state index contributed by atoms with van der Waals surface area (Å²) in [5.74, 6) is 0.696. The fraction of sp³-hybridized carbons (Fsp3) is 0.444. The average molecular weight is 295 g/mol. The quantitative estimate of drug-likeness (QED) is 0.450. The highest BCUT2D eigenvalue weighted by atomic mass is 33.1. The van der Waals surface area contributed by atoms with Gasteiger partial charge in [0, 0.05) is 17.9 Å². The maximum absolute atomic E-state index is 11.7. The van der Waals surface area contributed by atoms with Crippen LogP contribution < -0.4 is 4.18 Å². The van der Waals surface area contributed by atoms with Crippen molar-refractivity contribution in [1.82, 2.24) is 4.98 Å². The molecule has 0 aliphatic carbocycles. The van der Waals surface area contributed by atoms with Crippen LogP contribution in [0.15, 0.2) is 23.2 Å². The molecule has 1 unspecified atom stereocenters. The topological polar surface area (TPSA) is 79.3 Å². The van der Waals surface area contributed by atoms with Crippen LogP contribution in [0.3, 0.4) is 0 Å². The predicted octanol–water partition coefficient (Wildman–Crippen LogP) is 1.59. The van der Waals surface area contributed by atoms with E-state index in [0.717, 1.165) is 18.4 Å². The van der Waals surface area contributed by atoms with Gasteiger partial charge in [0.25, 0.3) is 5.03 Å². The lowest BCUT2D eigenvalue weighted by atomic mass is 10.5. The van der Waals surface area contributed by atoms with E-state index in [1.165, 1.54) is 16.9 Å². The molecule has 0 aliphatic rings. The first-order valence-corrected chi connectivity index (χ1v) is 9.31. The van der Waals surface area contributed by atoms with E-state index in [9.17, 15) is 13.0 Å². The first-order chi connectivity index (χ1) is 7.92. The molecule has 1 heterocycles. The molecule has 1 atom stereocenters. The van der Waals surface area contributed by atoms with Gasteiger partial charge >= 0.3 is 10.1 Å². The summed E-state index contributed by atoms with van der Waals surface area (Å²) in [4.78, 5) is 3.89. The summed E-state index contributed by atoms with van der Waals surface area (Å²) < 4.78 is 38.2. The maximum Gasteiger partial charge on any atom is 0.307 e. The van der Waals surface area contributed by atoms with E-state index in [1.54, 1.807) is 12.1 Å². The normalized spacial score (nSPS) is 13.4. The Morgan fingerprint density at radius 2 is 2.24 bits per heavy atom. The van der Waals surface area contributed by atoms with E-state index in [0.29, 0.717) is 5.03 Å². The molecule has 0 radical (unpaired) electrons. The summed E-state index contributed by atoms with van der Waals surface area (Å²) in [6.07, 6.45) is 1.85. The summed E-state index contributed by atoms with van der Waals surface area (Å²) in [6, 6.07) is 4.55. The van der Waals surface area contributed by atoms with Crippen LogP contribution >= 0.6 is 10.8 Å². The summed E-state index contributed by atoms with van der Waals surface area (Å²) in [7, 11) is -3.64. The van der Waals surface area contributed by atoms with Gasteiger partial charge in [-0.25, -0.2) is 0 Å².